The quantitative estimate of drug-likeness (QED) is 0.745. The number of aromatic amines is 1. The first-order valence-corrected chi connectivity index (χ1v) is 7.14. The SMILES string of the molecule is CCc1c(C)nn(-c2nc3ccccc3[nH]2)c1OC(=O)C(F)(F)F. The molecular weight excluding hydrogens is 325 g/mol. The Morgan fingerprint density at radius 2 is 2.04 bits per heavy atom. The minimum absolute atomic E-state index is 0.170. The van der Waals surface area contributed by atoms with Crippen LogP contribution in [0.2, 0.25) is 0 Å². The van der Waals surface area contributed by atoms with Crippen molar-refractivity contribution >= 4 is 17.0 Å². The number of aryl methyl sites for hydroxylation is 1. The van der Waals surface area contributed by atoms with Crippen LogP contribution in [0.4, 0.5) is 13.2 Å². The number of carbonyl (C=O) groups is 1. The van der Waals surface area contributed by atoms with Crippen molar-refractivity contribution in [1.82, 2.24) is 19.7 Å². The van der Waals surface area contributed by atoms with E-state index in [0.717, 1.165) is 4.68 Å². The van der Waals surface area contributed by atoms with Gasteiger partial charge in [-0.25, -0.2) is 9.78 Å². The summed E-state index contributed by atoms with van der Waals surface area (Å²) in [7, 11) is 0. The molecule has 126 valence electrons. The Labute approximate surface area is 134 Å². The molecule has 9 heteroatoms. The molecule has 0 amide bonds. The van der Waals surface area contributed by atoms with Gasteiger partial charge in [0.25, 0.3) is 0 Å². The second-order valence-corrected chi connectivity index (χ2v) is 5.10. The first-order valence-electron chi connectivity index (χ1n) is 7.14. The third-order valence-electron chi connectivity index (χ3n) is 3.49. The highest BCUT2D eigenvalue weighted by molar-refractivity contribution is 5.79. The smallest absolute Gasteiger partial charge is 0.400 e. The number of hydrogen-bond acceptors (Lipinski definition) is 4. The fraction of sp³-hybridized carbons (Fsp3) is 0.267. The monoisotopic (exact) mass is 338 g/mol. The average Bonchev–Trinajstić information content (AvgIpc) is 3.07. The minimum Gasteiger partial charge on any atom is -0.400 e. The van der Waals surface area contributed by atoms with Crippen LogP contribution in [0.5, 0.6) is 5.88 Å². The molecule has 0 aliphatic rings. The predicted octanol–water partition coefficient (Wildman–Crippen LogP) is 3.09. The summed E-state index contributed by atoms with van der Waals surface area (Å²) in [5.74, 6) is -2.41. The molecule has 24 heavy (non-hydrogen) atoms. The van der Waals surface area contributed by atoms with Crippen LogP contribution in [0, 0.1) is 6.92 Å². The number of imidazole rings is 1. The number of halogens is 3. The van der Waals surface area contributed by atoms with Crippen LogP contribution in [0.15, 0.2) is 24.3 Å². The van der Waals surface area contributed by atoms with Gasteiger partial charge in [0.15, 0.2) is 0 Å². The van der Waals surface area contributed by atoms with Gasteiger partial charge in [-0.2, -0.15) is 23.0 Å². The topological polar surface area (TPSA) is 72.8 Å². The number of alkyl halides is 3. The number of nitrogens with zero attached hydrogens (tertiary/aromatic N) is 3. The lowest BCUT2D eigenvalue weighted by Gasteiger charge is -2.09. The van der Waals surface area contributed by atoms with Crippen molar-refractivity contribution in [3.63, 3.8) is 0 Å². The van der Waals surface area contributed by atoms with Gasteiger partial charge in [-0.15, -0.1) is 0 Å². The molecule has 2 heterocycles. The molecule has 3 aromatic rings. The van der Waals surface area contributed by atoms with Crippen LogP contribution in [-0.4, -0.2) is 31.9 Å². The van der Waals surface area contributed by atoms with Crippen molar-refractivity contribution in [2.24, 2.45) is 0 Å². The first-order chi connectivity index (χ1) is 11.3. The number of esters is 1. The van der Waals surface area contributed by atoms with Crippen LogP contribution in [0.3, 0.4) is 0 Å². The van der Waals surface area contributed by atoms with E-state index in [4.69, 9.17) is 0 Å². The van der Waals surface area contributed by atoms with E-state index >= 15 is 0 Å². The Bertz CT molecular complexity index is 878. The van der Waals surface area contributed by atoms with Gasteiger partial charge in [-0.1, -0.05) is 19.1 Å². The first kappa shape index (κ1) is 16.0. The Hall–Kier alpha value is -2.84. The van der Waals surface area contributed by atoms with Crippen molar-refractivity contribution < 1.29 is 22.7 Å². The number of hydrogen-bond donors (Lipinski definition) is 1. The Kier molecular flexibility index (Phi) is 3.78. The number of para-hydroxylation sites is 2. The van der Waals surface area contributed by atoms with Crippen LogP contribution < -0.4 is 4.74 Å². The highest BCUT2D eigenvalue weighted by Gasteiger charge is 2.42. The number of nitrogens with one attached hydrogen (secondary N) is 1. The maximum Gasteiger partial charge on any atom is 0.491 e. The van der Waals surface area contributed by atoms with E-state index in [0.29, 0.717) is 28.7 Å². The summed E-state index contributed by atoms with van der Waals surface area (Å²) in [5, 5.41) is 4.16. The third-order valence-corrected chi connectivity index (χ3v) is 3.49. The summed E-state index contributed by atoms with van der Waals surface area (Å²) in [6, 6.07) is 7.09. The van der Waals surface area contributed by atoms with Crippen LogP contribution >= 0.6 is 0 Å². The summed E-state index contributed by atoms with van der Waals surface area (Å²) < 4.78 is 43.3. The standard InChI is InChI=1S/C15H13F3N4O2/c1-3-9-8(2)21-22(12(9)24-13(23)15(16,17)18)14-19-10-6-4-5-7-11(10)20-14/h4-7H,3H2,1-2H3,(H,19,20). The van der Waals surface area contributed by atoms with Gasteiger partial charge in [0.1, 0.15) is 0 Å². The number of H-pyrrole nitrogens is 1. The maximum absolute atomic E-state index is 12.6. The number of aromatic nitrogens is 4. The minimum atomic E-state index is -5.10. The molecule has 0 bridgehead atoms. The molecule has 1 N–H and O–H groups in total. The van der Waals surface area contributed by atoms with E-state index < -0.39 is 12.1 Å². The largest absolute Gasteiger partial charge is 0.491 e. The lowest BCUT2D eigenvalue weighted by atomic mass is 10.2. The number of rotatable bonds is 3. The summed E-state index contributed by atoms with van der Waals surface area (Å²) in [4.78, 5) is 18.5. The molecule has 1 aromatic carbocycles. The molecular formula is C15H13F3N4O2. The van der Waals surface area contributed by atoms with Gasteiger partial charge >= 0.3 is 12.1 Å². The van der Waals surface area contributed by atoms with E-state index in [1.54, 1.807) is 38.1 Å². The Morgan fingerprint density at radius 1 is 1.33 bits per heavy atom. The van der Waals surface area contributed by atoms with E-state index in [9.17, 15) is 18.0 Å². The lowest BCUT2D eigenvalue weighted by molar-refractivity contribution is -0.190. The fourth-order valence-corrected chi connectivity index (χ4v) is 2.38. The maximum atomic E-state index is 12.6. The molecule has 0 fully saturated rings. The third kappa shape index (κ3) is 2.72. The number of benzene rings is 1. The summed E-state index contributed by atoms with van der Waals surface area (Å²) in [6.07, 6.45) is -4.74. The van der Waals surface area contributed by atoms with E-state index in [1.165, 1.54) is 0 Å². The second kappa shape index (κ2) is 5.66. The van der Waals surface area contributed by atoms with E-state index in [2.05, 4.69) is 19.8 Å². The Balaban J connectivity index is 2.12. The summed E-state index contributed by atoms with van der Waals surface area (Å²) in [6.45, 7) is 3.36. The molecule has 0 radical (unpaired) electrons. The van der Waals surface area contributed by atoms with Gasteiger partial charge in [-0.05, 0) is 25.5 Å². The van der Waals surface area contributed by atoms with Gasteiger partial charge < -0.3 is 9.72 Å². The molecule has 0 unspecified atom stereocenters. The number of ether oxygens (including phenoxy) is 1. The van der Waals surface area contributed by atoms with Crippen LogP contribution in [0.1, 0.15) is 18.2 Å². The molecule has 2 aromatic heterocycles. The van der Waals surface area contributed by atoms with E-state index in [-0.39, 0.29) is 11.8 Å². The highest BCUT2D eigenvalue weighted by atomic mass is 19.4. The average molecular weight is 338 g/mol. The van der Waals surface area contributed by atoms with Gasteiger partial charge in [0.05, 0.1) is 16.7 Å². The van der Waals surface area contributed by atoms with E-state index in [1.807, 2.05) is 0 Å². The lowest BCUT2D eigenvalue weighted by Crippen LogP contribution is -2.29. The van der Waals surface area contributed by atoms with Gasteiger partial charge in [0.2, 0.25) is 11.8 Å². The fourth-order valence-electron chi connectivity index (χ4n) is 2.38. The second-order valence-electron chi connectivity index (χ2n) is 5.10. The normalized spacial score (nSPS) is 11.9. The summed E-state index contributed by atoms with van der Waals surface area (Å²) >= 11 is 0. The van der Waals surface area contributed by atoms with Crippen molar-refractivity contribution in [1.29, 1.82) is 0 Å². The van der Waals surface area contributed by atoms with Gasteiger partial charge in [0, 0.05) is 5.56 Å². The van der Waals surface area contributed by atoms with Crippen molar-refractivity contribution in [2.45, 2.75) is 26.4 Å². The van der Waals surface area contributed by atoms with Crippen molar-refractivity contribution in [3.05, 3.63) is 35.5 Å². The zero-order valence-electron chi connectivity index (χ0n) is 12.8. The van der Waals surface area contributed by atoms with Crippen molar-refractivity contribution in [3.8, 4) is 11.8 Å². The molecule has 3 rings (SSSR count). The summed E-state index contributed by atoms with van der Waals surface area (Å²) in [5.41, 5.74) is 2.18. The molecule has 0 atom stereocenters. The molecule has 0 spiro atoms. The zero-order valence-corrected chi connectivity index (χ0v) is 12.8. The number of fused-ring (bicyclic) bond motifs is 1. The predicted molar refractivity (Wildman–Crippen MR) is 79.0 cm³/mol. The molecule has 0 aliphatic carbocycles. The number of carbonyl (C=O) groups excluding carboxylic acids is 1. The Morgan fingerprint density at radius 3 is 2.67 bits per heavy atom. The molecule has 6 nitrogen and oxygen atoms in total. The van der Waals surface area contributed by atoms with Gasteiger partial charge in [-0.3, -0.25) is 0 Å². The highest BCUT2D eigenvalue weighted by Crippen LogP contribution is 2.28. The van der Waals surface area contributed by atoms with Crippen molar-refractivity contribution in [2.75, 3.05) is 0 Å². The van der Waals surface area contributed by atoms with Crippen LogP contribution in [0.25, 0.3) is 17.0 Å². The van der Waals surface area contributed by atoms with Crippen LogP contribution in [-0.2, 0) is 11.2 Å². The zero-order chi connectivity index (χ0) is 17.5. The molecule has 0 saturated heterocycles. The molecule has 0 aliphatic heterocycles. The molecule has 0 saturated carbocycles.